The molecule has 4 aromatic rings. The number of nitrogens with zero attached hydrogens (tertiary/aromatic N) is 2. The lowest BCUT2D eigenvalue weighted by Gasteiger charge is -2.24. The third-order valence-electron chi connectivity index (χ3n) is 5.68. The van der Waals surface area contributed by atoms with Crippen LogP contribution in [0.5, 0.6) is 0 Å². The van der Waals surface area contributed by atoms with Crippen molar-refractivity contribution in [2.75, 3.05) is 9.80 Å². The number of benzene rings is 4. The summed E-state index contributed by atoms with van der Waals surface area (Å²) in [5.41, 5.74) is 2.85. The Balaban J connectivity index is 1.50. The highest BCUT2D eigenvalue weighted by Gasteiger charge is 2.40. The average Bonchev–Trinajstić information content (AvgIpc) is 3.17. The van der Waals surface area contributed by atoms with E-state index in [0.717, 1.165) is 4.90 Å². The molecule has 4 amide bonds. The number of hydrogen-bond donors (Lipinski definition) is 1. The van der Waals surface area contributed by atoms with E-state index in [-0.39, 0.29) is 5.91 Å². The summed E-state index contributed by atoms with van der Waals surface area (Å²) in [5, 5.41) is 2.81. The van der Waals surface area contributed by atoms with E-state index in [1.807, 2.05) is 54.6 Å². The highest BCUT2D eigenvalue weighted by atomic mass is 16.2. The number of carbonyl (C=O) groups is 3. The Bertz CT molecular complexity index is 1340. The fourth-order valence-electron chi connectivity index (χ4n) is 4.10. The molecule has 1 heterocycles. The van der Waals surface area contributed by atoms with Crippen LogP contribution in [-0.2, 0) is 4.79 Å². The summed E-state index contributed by atoms with van der Waals surface area (Å²) in [4.78, 5) is 43.0. The average molecular weight is 447 g/mol. The maximum absolute atomic E-state index is 13.5. The molecule has 0 aliphatic carbocycles. The quantitative estimate of drug-likeness (QED) is 0.451. The molecule has 1 atom stereocenters. The van der Waals surface area contributed by atoms with Gasteiger partial charge in [-0.2, -0.15) is 0 Å². The van der Waals surface area contributed by atoms with E-state index >= 15 is 0 Å². The van der Waals surface area contributed by atoms with Crippen LogP contribution >= 0.6 is 0 Å². The van der Waals surface area contributed by atoms with Crippen molar-refractivity contribution in [2.45, 2.75) is 6.04 Å². The van der Waals surface area contributed by atoms with Crippen molar-refractivity contribution in [1.29, 1.82) is 0 Å². The summed E-state index contributed by atoms with van der Waals surface area (Å²) in [7, 11) is 0. The molecule has 4 aromatic carbocycles. The molecule has 1 N–H and O–H groups in total. The third kappa shape index (κ3) is 3.82. The normalized spacial score (nSPS) is 14.4. The lowest BCUT2D eigenvalue weighted by molar-refractivity contribution is -0.119. The summed E-state index contributed by atoms with van der Waals surface area (Å²) >= 11 is 0. The smallest absolute Gasteiger partial charge is 0.321 e. The molecule has 0 saturated heterocycles. The molecule has 34 heavy (non-hydrogen) atoms. The van der Waals surface area contributed by atoms with E-state index in [9.17, 15) is 14.4 Å². The van der Waals surface area contributed by atoms with Crippen LogP contribution in [0.2, 0.25) is 0 Å². The molecular formula is C28H21N3O3. The molecule has 1 unspecified atom stereocenters. The van der Waals surface area contributed by atoms with Gasteiger partial charge in [-0.1, -0.05) is 72.8 Å². The molecule has 5 rings (SSSR count). The SMILES string of the molecule is O=C(NC1C(=O)N(c2ccccc2)c2ccccc21)N(C(=O)c1ccccc1)c1ccccc1. The van der Waals surface area contributed by atoms with Gasteiger partial charge >= 0.3 is 6.03 Å². The van der Waals surface area contributed by atoms with Crippen LogP contribution in [0.15, 0.2) is 115 Å². The fourth-order valence-corrected chi connectivity index (χ4v) is 4.10. The summed E-state index contributed by atoms with van der Waals surface area (Å²) in [6.07, 6.45) is 0. The van der Waals surface area contributed by atoms with Crippen LogP contribution in [0.1, 0.15) is 22.0 Å². The first-order valence-corrected chi connectivity index (χ1v) is 10.9. The molecule has 0 saturated carbocycles. The number of rotatable bonds is 4. The molecule has 0 fully saturated rings. The molecule has 0 bridgehead atoms. The minimum atomic E-state index is -0.932. The highest BCUT2D eigenvalue weighted by Crippen LogP contribution is 2.40. The number of urea groups is 1. The molecule has 0 aromatic heterocycles. The van der Waals surface area contributed by atoms with Gasteiger partial charge in [0.2, 0.25) is 0 Å². The van der Waals surface area contributed by atoms with Crippen LogP contribution in [0.4, 0.5) is 21.9 Å². The van der Waals surface area contributed by atoms with Gasteiger partial charge < -0.3 is 5.32 Å². The third-order valence-corrected chi connectivity index (χ3v) is 5.68. The van der Waals surface area contributed by atoms with Crippen molar-refractivity contribution in [3.8, 4) is 0 Å². The van der Waals surface area contributed by atoms with Gasteiger partial charge in [-0.3, -0.25) is 14.5 Å². The molecule has 1 aliphatic rings. The Morgan fingerprint density at radius 2 is 1.26 bits per heavy atom. The summed E-state index contributed by atoms with van der Waals surface area (Å²) in [6.45, 7) is 0. The summed E-state index contributed by atoms with van der Waals surface area (Å²) in [5.74, 6) is -0.774. The molecule has 0 radical (unpaired) electrons. The Morgan fingerprint density at radius 1 is 0.706 bits per heavy atom. The number of carbonyl (C=O) groups excluding carboxylic acids is 3. The lowest BCUT2D eigenvalue weighted by Crippen LogP contribution is -2.47. The molecule has 1 aliphatic heterocycles. The fraction of sp³-hybridized carbons (Fsp3) is 0.0357. The van der Waals surface area contributed by atoms with Crippen molar-refractivity contribution in [1.82, 2.24) is 5.32 Å². The van der Waals surface area contributed by atoms with Crippen LogP contribution < -0.4 is 15.1 Å². The van der Waals surface area contributed by atoms with Crippen molar-refractivity contribution in [3.63, 3.8) is 0 Å². The first-order chi connectivity index (χ1) is 16.6. The van der Waals surface area contributed by atoms with E-state index in [2.05, 4.69) is 5.32 Å². The van der Waals surface area contributed by atoms with Crippen molar-refractivity contribution in [2.24, 2.45) is 0 Å². The zero-order chi connectivity index (χ0) is 23.5. The van der Waals surface area contributed by atoms with Gasteiger partial charge in [0.15, 0.2) is 0 Å². The van der Waals surface area contributed by atoms with E-state index in [1.54, 1.807) is 65.6 Å². The van der Waals surface area contributed by atoms with Crippen LogP contribution in [0.25, 0.3) is 0 Å². The molecule has 6 nitrogen and oxygen atoms in total. The van der Waals surface area contributed by atoms with Crippen LogP contribution in [-0.4, -0.2) is 17.8 Å². The maximum Gasteiger partial charge on any atom is 0.329 e. The van der Waals surface area contributed by atoms with Crippen molar-refractivity contribution >= 4 is 34.9 Å². The topological polar surface area (TPSA) is 69.7 Å². The number of para-hydroxylation sites is 3. The predicted molar refractivity (Wildman–Crippen MR) is 131 cm³/mol. The van der Waals surface area contributed by atoms with Crippen molar-refractivity contribution < 1.29 is 14.4 Å². The van der Waals surface area contributed by atoms with Gasteiger partial charge in [-0.15, -0.1) is 0 Å². The second-order valence-corrected chi connectivity index (χ2v) is 7.79. The molecule has 6 heteroatoms. The van der Waals surface area contributed by atoms with Crippen LogP contribution in [0, 0.1) is 0 Å². The number of fused-ring (bicyclic) bond motifs is 1. The molecular weight excluding hydrogens is 426 g/mol. The summed E-state index contributed by atoms with van der Waals surface area (Å²) in [6, 6.07) is 32.2. The second kappa shape index (κ2) is 9.03. The van der Waals surface area contributed by atoms with E-state index in [1.165, 1.54) is 0 Å². The Labute approximate surface area is 197 Å². The Hall–Kier alpha value is -4.71. The highest BCUT2D eigenvalue weighted by molar-refractivity contribution is 6.21. The largest absolute Gasteiger partial charge is 0.329 e. The predicted octanol–water partition coefficient (Wildman–Crippen LogP) is 5.46. The minimum absolute atomic E-state index is 0.291. The van der Waals surface area contributed by atoms with Gasteiger partial charge in [0.1, 0.15) is 6.04 Å². The summed E-state index contributed by atoms with van der Waals surface area (Å²) < 4.78 is 0. The van der Waals surface area contributed by atoms with Gasteiger partial charge in [0, 0.05) is 16.8 Å². The number of imide groups is 1. The first kappa shape index (κ1) is 21.2. The number of amides is 4. The van der Waals surface area contributed by atoms with E-state index in [4.69, 9.17) is 0 Å². The maximum atomic E-state index is 13.5. The Kier molecular flexibility index (Phi) is 5.62. The first-order valence-electron chi connectivity index (χ1n) is 10.9. The Morgan fingerprint density at radius 3 is 1.94 bits per heavy atom. The van der Waals surface area contributed by atoms with E-state index < -0.39 is 18.0 Å². The van der Waals surface area contributed by atoms with E-state index in [0.29, 0.717) is 28.2 Å². The zero-order valence-corrected chi connectivity index (χ0v) is 18.2. The lowest BCUT2D eigenvalue weighted by atomic mass is 10.1. The molecule has 0 spiro atoms. The number of nitrogens with one attached hydrogen (secondary N) is 1. The van der Waals surface area contributed by atoms with Crippen LogP contribution in [0.3, 0.4) is 0 Å². The van der Waals surface area contributed by atoms with Gasteiger partial charge in [0.25, 0.3) is 11.8 Å². The van der Waals surface area contributed by atoms with Crippen molar-refractivity contribution in [3.05, 3.63) is 126 Å². The van der Waals surface area contributed by atoms with Gasteiger partial charge in [0.05, 0.1) is 11.4 Å². The van der Waals surface area contributed by atoms with Gasteiger partial charge in [-0.25, -0.2) is 9.69 Å². The number of hydrogen-bond acceptors (Lipinski definition) is 3. The standard InChI is InChI=1S/C28H21N3O3/c32-26(20-12-4-1-5-13-20)31(22-16-8-3-9-17-22)28(34)29-25-23-18-10-11-19-24(23)30(27(25)33)21-14-6-2-7-15-21/h1-19,25H,(H,29,34). The second-order valence-electron chi connectivity index (χ2n) is 7.79. The van der Waals surface area contributed by atoms with Gasteiger partial charge in [-0.05, 0) is 42.5 Å². The minimum Gasteiger partial charge on any atom is -0.321 e. The zero-order valence-electron chi connectivity index (χ0n) is 18.2. The monoisotopic (exact) mass is 447 g/mol. The number of anilines is 3. The molecule has 166 valence electrons.